The highest BCUT2D eigenvalue weighted by molar-refractivity contribution is 6.07. The molecule has 0 saturated heterocycles. The third kappa shape index (κ3) is 4.34. The quantitative estimate of drug-likeness (QED) is 0.419. The summed E-state index contributed by atoms with van der Waals surface area (Å²) in [6.45, 7) is 2.50. The van der Waals surface area contributed by atoms with Gasteiger partial charge >= 0.3 is 0 Å². The summed E-state index contributed by atoms with van der Waals surface area (Å²) in [6.07, 6.45) is 4.11. The zero-order valence-corrected chi connectivity index (χ0v) is 16.9. The molecule has 0 spiro atoms. The lowest BCUT2D eigenvalue weighted by molar-refractivity contribution is 0.112. The summed E-state index contributed by atoms with van der Waals surface area (Å²) in [7, 11) is 7.86. The van der Waals surface area contributed by atoms with Gasteiger partial charge in [0.1, 0.15) is 6.29 Å². The van der Waals surface area contributed by atoms with Gasteiger partial charge in [-0.05, 0) is 54.9 Å². The Morgan fingerprint density at radius 3 is 2.70 bits per heavy atom. The molecule has 0 bridgehead atoms. The van der Waals surface area contributed by atoms with E-state index in [-0.39, 0.29) is 0 Å². The number of aldehydes is 1. The van der Waals surface area contributed by atoms with Crippen molar-refractivity contribution in [2.75, 3.05) is 25.5 Å². The molecule has 2 aromatic carbocycles. The molecular weight excluding hydrogens is 375 g/mol. The third-order valence-corrected chi connectivity index (χ3v) is 5.10. The molecule has 1 aromatic heterocycles. The van der Waals surface area contributed by atoms with Gasteiger partial charge in [-0.2, -0.15) is 10.1 Å². The highest BCUT2D eigenvalue weighted by Crippen LogP contribution is 2.25. The number of aromatic nitrogens is 3. The summed E-state index contributed by atoms with van der Waals surface area (Å²) in [5.74, 6) is 0.968. The van der Waals surface area contributed by atoms with Crippen LogP contribution in [-0.2, 0) is 6.54 Å². The van der Waals surface area contributed by atoms with E-state index in [0.29, 0.717) is 23.9 Å². The van der Waals surface area contributed by atoms with Gasteiger partial charge in [0.25, 0.3) is 7.98 Å². The topological polar surface area (TPSA) is 83.9 Å². The van der Waals surface area contributed by atoms with Crippen molar-refractivity contribution in [1.29, 1.82) is 0 Å². The van der Waals surface area contributed by atoms with Crippen molar-refractivity contribution < 1.29 is 4.79 Å². The maximum Gasteiger partial charge on any atom is 0.269 e. The summed E-state index contributed by atoms with van der Waals surface area (Å²) in [6, 6.07) is 13.7. The van der Waals surface area contributed by atoms with Crippen LogP contribution in [0.15, 0.2) is 48.5 Å². The van der Waals surface area contributed by atoms with Crippen molar-refractivity contribution in [2.24, 2.45) is 0 Å². The molecule has 0 aliphatic carbocycles. The molecule has 0 amide bonds. The number of hydrogen-bond acceptors (Lipinski definition) is 6. The third-order valence-electron chi connectivity index (χ3n) is 5.10. The zero-order chi connectivity index (χ0) is 20.9. The van der Waals surface area contributed by atoms with Gasteiger partial charge in [-0.1, -0.05) is 30.3 Å². The number of rotatable bonds is 7. The van der Waals surface area contributed by atoms with E-state index in [1.165, 1.54) is 15.7 Å². The van der Waals surface area contributed by atoms with E-state index < -0.39 is 0 Å². The Morgan fingerprint density at radius 1 is 1.20 bits per heavy atom. The van der Waals surface area contributed by atoms with E-state index in [4.69, 9.17) is 7.98 Å². The van der Waals surface area contributed by atoms with Gasteiger partial charge in [0.05, 0.1) is 0 Å². The minimum Gasteiger partial charge on any atom is -0.325 e. The minimum absolute atomic E-state index is 0.421. The number of carbonyl (C=O) groups is 1. The van der Waals surface area contributed by atoms with Crippen LogP contribution in [0.4, 0.5) is 11.6 Å². The van der Waals surface area contributed by atoms with Gasteiger partial charge < -0.3 is 16.0 Å². The molecule has 1 aliphatic heterocycles. The fourth-order valence-electron chi connectivity index (χ4n) is 3.52. The first-order chi connectivity index (χ1) is 14.7. The average molecular weight is 398 g/mol. The van der Waals surface area contributed by atoms with Crippen molar-refractivity contribution >= 4 is 31.5 Å². The van der Waals surface area contributed by atoms with Crippen LogP contribution in [0.5, 0.6) is 0 Å². The fraction of sp³-hybridized carbons (Fsp3) is 0.227. The smallest absolute Gasteiger partial charge is 0.269 e. The first kappa shape index (κ1) is 20.1. The summed E-state index contributed by atoms with van der Waals surface area (Å²) >= 11 is 0. The van der Waals surface area contributed by atoms with E-state index in [2.05, 4.69) is 44.2 Å². The van der Waals surface area contributed by atoms with Crippen LogP contribution in [0, 0.1) is 0 Å². The second-order valence-corrected chi connectivity index (χ2v) is 7.15. The lowest BCUT2D eigenvalue weighted by atomic mass is 9.99. The summed E-state index contributed by atoms with van der Waals surface area (Å²) in [4.78, 5) is 15.8. The predicted molar refractivity (Wildman–Crippen MR) is 120 cm³/mol. The molecule has 3 N–H and O–H groups in total. The maximum atomic E-state index is 11.2. The molecule has 1 aliphatic rings. The molecule has 7 nitrogen and oxygen atoms in total. The Hall–Kier alpha value is -3.23. The monoisotopic (exact) mass is 398 g/mol. The van der Waals surface area contributed by atoms with Gasteiger partial charge in [0, 0.05) is 29.9 Å². The van der Waals surface area contributed by atoms with Crippen LogP contribution in [0.3, 0.4) is 0 Å². The summed E-state index contributed by atoms with van der Waals surface area (Å²) in [5.41, 5.74) is 5.80. The summed E-state index contributed by atoms with van der Waals surface area (Å²) < 4.78 is 1.23. The lowest BCUT2D eigenvalue weighted by Gasteiger charge is -2.14. The van der Waals surface area contributed by atoms with Crippen LogP contribution in [0.25, 0.3) is 17.0 Å². The standard InChI is InChI=1S/C22H23BN6O/c1-24-13-19-12-20(7-6-18(19)14-30)26-22-27-21(28-29(22)23)17-4-2-15(3-5-17)16-8-10-25-11-9-16/h2-8,12,14,24-25H,9-11,13H2,1H3,(H,26,27,28). The van der Waals surface area contributed by atoms with Gasteiger partial charge in [0.15, 0.2) is 5.82 Å². The fourth-order valence-corrected chi connectivity index (χ4v) is 3.52. The molecular formula is C22H23BN6O. The second kappa shape index (κ2) is 9.07. The highest BCUT2D eigenvalue weighted by Gasteiger charge is 2.12. The molecule has 0 unspecified atom stereocenters. The van der Waals surface area contributed by atoms with Gasteiger partial charge in [-0.25, -0.2) is 0 Å². The normalized spacial score (nSPS) is 13.7. The Bertz CT molecular complexity index is 1070. The van der Waals surface area contributed by atoms with Crippen molar-refractivity contribution in [3.05, 3.63) is 65.2 Å². The second-order valence-electron chi connectivity index (χ2n) is 7.15. The minimum atomic E-state index is 0.421. The molecule has 4 rings (SSSR count). The number of anilines is 2. The van der Waals surface area contributed by atoms with E-state index in [9.17, 15) is 4.79 Å². The highest BCUT2D eigenvalue weighted by atomic mass is 16.1. The number of hydrogen-bond donors (Lipinski definition) is 3. The van der Waals surface area contributed by atoms with Gasteiger partial charge in [-0.3, -0.25) is 9.39 Å². The Kier molecular flexibility index (Phi) is 6.06. The SMILES string of the molecule is [B]n1nc(-c2ccc(C3=CCNCC3)cc2)nc1Nc1ccc(C=O)c(CNC)c1. The molecule has 150 valence electrons. The number of nitrogens with one attached hydrogen (secondary N) is 3. The van der Waals surface area contributed by atoms with E-state index in [1.807, 2.05) is 31.3 Å². The first-order valence-electron chi connectivity index (χ1n) is 9.90. The lowest BCUT2D eigenvalue weighted by Crippen LogP contribution is -2.19. The van der Waals surface area contributed by atoms with Crippen LogP contribution in [0.2, 0.25) is 0 Å². The number of carbonyl (C=O) groups excluding carboxylic acids is 1. The van der Waals surface area contributed by atoms with Crippen molar-refractivity contribution in [2.45, 2.75) is 13.0 Å². The molecule has 2 heterocycles. The molecule has 2 radical (unpaired) electrons. The van der Waals surface area contributed by atoms with Crippen LogP contribution in [0.1, 0.15) is 27.9 Å². The van der Waals surface area contributed by atoms with Crippen LogP contribution >= 0.6 is 0 Å². The summed E-state index contributed by atoms with van der Waals surface area (Å²) in [5, 5.41) is 13.9. The Balaban J connectivity index is 1.54. The van der Waals surface area contributed by atoms with Crippen molar-refractivity contribution in [3.8, 4) is 11.4 Å². The van der Waals surface area contributed by atoms with Gasteiger partial charge in [-0.15, -0.1) is 0 Å². The van der Waals surface area contributed by atoms with Crippen LogP contribution < -0.4 is 16.0 Å². The average Bonchev–Trinajstić information content (AvgIpc) is 3.15. The predicted octanol–water partition coefficient (Wildman–Crippen LogP) is 2.53. The van der Waals surface area contributed by atoms with E-state index >= 15 is 0 Å². The van der Waals surface area contributed by atoms with E-state index in [1.54, 1.807) is 6.07 Å². The number of benzene rings is 2. The molecule has 0 saturated carbocycles. The molecule has 8 heteroatoms. The number of nitrogens with zero attached hydrogens (tertiary/aromatic N) is 3. The van der Waals surface area contributed by atoms with Crippen molar-refractivity contribution in [1.82, 2.24) is 25.3 Å². The first-order valence-corrected chi connectivity index (χ1v) is 9.90. The Labute approximate surface area is 177 Å². The van der Waals surface area contributed by atoms with Crippen molar-refractivity contribution in [3.63, 3.8) is 0 Å². The van der Waals surface area contributed by atoms with Crippen LogP contribution in [-0.4, -0.2) is 49.1 Å². The largest absolute Gasteiger partial charge is 0.325 e. The molecule has 0 fully saturated rings. The zero-order valence-electron chi connectivity index (χ0n) is 16.9. The van der Waals surface area contributed by atoms with E-state index in [0.717, 1.165) is 42.6 Å². The molecule has 0 atom stereocenters. The Morgan fingerprint density at radius 2 is 2.00 bits per heavy atom. The molecule has 3 aromatic rings. The maximum absolute atomic E-state index is 11.2. The molecule has 30 heavy (non-hydrogen) atoms. The van der Waals surface area contributed by atoms with Gasteiger partial charge in [0.2, 0.25) is 5.95 Å².